The Labute approximate surface area is 87.8 Å². The van der Waals surface area contributed by atoms with Gasteiger partial charge in [0.05, 0.1) is 18.6 Å². The highest BCUT2D eigenvalue weighted by atomic mass is 127. The summed E-state index contributed by atoms with van der Waals surface area (Å²) >= 11 is 1.89. The van der Waals surface area contributed by atoms with Crippen LogP contribution in [0.25, 0.3) is 0 Å². The molecule has 6 heteroatoms. The van der Waals surface area contributed by atoms with Crippen LogP contribution in [0, 0.1) is 15.7 Å². The van der Waals surface area contributed by atoms with Crippen molar-refractivity contribution in [1.29, 1.82) is 0 Å². The van der Waals surface area contributed by atoms with Gasteiger partial charge >= 0.3 is 0 Å². The van der Waals surface area contributed by atoms with E-state index in [4.69, 9.17) is 0 Å². The number of rotatable bonds is 2. The summed E-state index contributed by atoms with van der Waals surface area (Å²) in [5.41, 5.74) is 2.48. The Balaban J connectivity index is 2.53. The van der Waals surface area contributed by atoms with Gasteiger partial charge in [0.2, 0.25) is 5.95 Å². The van der Waals surface area contributed by atoms with Crippen LogP contribution in [0.15, 0.2) is 17.5 Å². The van der Waals surface area contributed by atoms with E-state index in [0.29, 0.717) is 0 Å². The van der Waals surface area contributed by atoms with Crippen molar-refractivity contribution in [2.24, 2.45) is 5.10 Å². The number of hydrogen-bond acceptors (Lipinski definition) is 4. The van der Waals surface area contributed by atoms with Gasteiger partial charge in [0, 0.05) is 22.6 Å². The smallest absolute Gasteiger partial charge is 0.243 e. The molecule has 0 aliphatic rings. The molecule has 0 aliphatic carbocycles. The summed E-state index contributed by atoms with van der Waals surface area (Å²) in [6.45, 7) is 0. The van der Waals surface area contributed by atoms with E-state index in [9.17, 15) is 4.39 Å². The first-order valence-corrected chi connectivity index (χ1v) is 4.27. The zero-order valence-corrected chi connectivity index (χ0v) is 8.49. The van der Waals surface area contributed by atoms with Gasteiger partial charge in [-0.15, -0.1) is 0 Å². The molecule has 1 heterocycles. The maximum Gasteiger partial charge on any atom is 0.243 e. The van der Waals surface area contributed by atoms with Gasteiger partial charge in [-0.25, -0.2) is 19.8 Å². The first-order chi connectivity index (χ1) is 6.33. The van der Waals surface area contributed by atoms with Gasteiger partial charge in [-0.05, 0) is 9.85 Å². The fourth-order valence-electron chi connectivity index (χ4n) is 0.517. The average Bonchev–Trinajstić information content (AvgIpc) is 2.15. The van der Waals surface area contributed by atoms with Crippen molar-refractivity contribution in [1.82, 2.24) is 9.97 Å². The van der Waals surface area contributed by atoms with E-state index in [1.54, 1.807) is 0 Å². The molecule has 66 valence electrons. The second-order valence-corrected chi connectivity index (χ2v) is 2.37. The summed E-state index contributed by atoms with van der Waals surface area (Å²) < 4.78 is 14.9. The topological polar surface area (TPSA) is 50.2 Å². The molecule has 0 aromatic carbocycles. The Morgan fingerprint density at radius 2 is 2.23 bits per heavy atom. The highest BCUT2D eigenvalue weighted by Crippen LogP contribution is 1.96. The van der Waals surface area contributed by atoms with Gasteiger partial charge in [0.25, 0.3) is 0 Å². The molecule has 0 unspecified atom stereocenters. The molecule has 1 N–H and O–H groups in total. The van der Waals surface area contributed by atoms with Crippen molar-refractivity contribution in [2.45, 2.75) is 0 Å². The van der Waals surface area contributed by atoms with Crippen LogP contribution in [0.1, 0.15) is 0 Å². The predicted octanol–water partition coefficient (Wildman–Crippen LogP) is 1.41. The largest absolute Gasteiger partial charge is 0.245 e. The molecule has 0 atom stereocenters. The standard InChI is InChI=1S/C7H4FIN4/c8-6-4-10-7(11-5-6)13-12-3-1-2-9/h3-5H,(H,10,11,13)/b12-3+. The summed E-state index contributed by atoms with van der Waals surface area (Å²) in [6, 6.07) is 0. The van der Waals surface area contributed by atoms with Crippen LogP contribution in [0.3, 0.4) is 0 Å². The Morgan fingerprint density at radius 1 is 1.54 bits per heavy atom. The fourth-order valence-corrected chi connectivity index (χ4v) is 0.656. The summed E-state index contributed by atoms with van der Waals surface area (Å²) in [4.78, 5) is 7.23. The third-order valence-corrected chi connectivity index (χ3v) is 1.28. The van der Waals surface area contributed by atoms with E-state index >= 15 is 0 Å². The van der Waals surface area contributed by atoms with E-state index in [2.05, 4.69) is 30.3 Å². The van der Waals surface area contributed by atoms with Gasteiger partial charge in [-0.2, -0.15) is 5.10 Å². The van der Waals surface area contributed by atoms with Crippen molar-refractivity contribution in [2.75, 3.05) is 5.43 Å². The molecule has 0 radical (unpaired) electrons. The monoisotopic (exact) mass is 290 g/mol. The number of nitrogens with zero attached hydrogens (tertiary/aromatic N) is 3. The quantitative estimate of drug-likeness (QED) is 0.388. The number of halogens is 2. The van der Waals surface area contributed by atoms with Crippen LogP contribution in [0.2, 0.25) is 0 Å². The van der Waals surface area contributed by atoms with Crippen molar-refractivity contribution in [3.05, 3.63) is 18.2 Å². The molecule has 1 aromatic rings. The van der Waals surface area contributed by atoms with Crippen molar-refractivity contribution >= 4 is 34.8 Å². The summed E-state index contributed by atoms with van der Waals surface area (Å²) in [6.07, 6.45) is 3.46. The summed E-state index contributed by atoms with van der Waals surface area (Å²) in [5.74, 6) is 2.33. The van der Waals surface area contributed by atoms with E-state index in [1.807, 2.05) is 22.6 Å². The highest BCUT2D eigenvalue weighted by Gasteiger charge is 1.92. The molecule has 1 rings (SSSR count). The maximum absolute atomic E-state index is 12.3. The molecule has 13 heavy (non-hydrogen) atoms. The third kappa shape index (κ3) is 3.80. The lowest BCUT2D eigenvalue weighted by Gasteiger charge is -1.94. The number of nitrogens with one attached hydrogen (secondary N) is 1. The third-order valence-electron chi connectivity index (χ3n) is 0.969. The molecule has 0 saturated heterocycles. The Kier molecular flexibility index (Phi) is 4.11. The fraction of sp³-hybridized carbons (Fsp3) is 0. The Bertz CT molecular complexity index is 351. The minimum absolute atomic E-state index is 0.230. The Morgan fingerprint density at radius 3 is 2.85 bits per heavy atom. The molecule has 4 nitrogen and oxygen atoms in total. The number of aromatic nitrogens is 2. The van der Waals surface area contributed by atoms with Crippen LogP contribution < -0.4 is 5.43 Å². The Hall–Kier alpha value is -1.23. The highest BCUT2D eigenvalue weighted by molar-refractivity contribution is 14.1. The van der Waals surface area contributed by atoms with Crippen LogP contribution in [-0.2, 0) is 0 Å². The minimum Gasteiger partial charge on any atom is -0.245 e. The van der Waals surface area contributed by atoms with Crippen LogP contribution in [0.4, 0.5) is 10.3 Å². The van der Waals surface area contributed by atoms with Gasteiger partial charge in [0.15, 0.2) is 5.82 Å². The summed E-state index contributed by atoms with van der Waals surface area (Å²) in [5, 5.41) is 3.66. The van der Waals surface area contributed by atoms with Crippen molar-refractivity contribution in [3.63, 3.8) is 0 Å². The SMILES string of the molecule is Fc1cnc(N/N=C/C#CI)nc1. The maximum atomic E-state index is 12.3. The van der Waals surface area contributed by atoms with E-state index < -0.39 is 5.82 Å². The number of hydrazone groups is 1. The first-order valence-electron chi connectivity index (χ1n) is 3.19. The molecule has 1 aromatic heterocycles. The van der Waals surface area contributed by atoms with Crippen LogP contribution in [0.5, 0.6) is 0 Å². The van der Waals surface area contributed by atoms with E-state index in [0.717, 1.165) is 12.4 Å². The van der Waals surface area contributed by atoms with Gasteiger partial charge in [0.1, 0.15) is 0 Å². The number of anilines is 1. The average molecular weight is 290 g/mol. The van der Waals surface area contributed by atoms with Gasteiger partial charge < -0.3 is 0 Å². The molecule has 0 amide bonds. The zero-order chi connectivity index (χ0) is 9.52. The minimum atomic E-state index is -0.485. The predicted molar refractivity (Wildman–Crippen MR) is 55.9 cm³/mol. The lowest BCUT2D eigenvalue weighted by Crippen LogP contribution is -1.95. The van der Waals surface area contributed by atoms with Crippen LogP contribution >= 0.6 is 22.6 Å². The molecule has 0 bridgehead atoms. The second-order valence-electron chi connectivity index (χ2n) is 1.83. The molecule has 0 fully saturated rings. The summed E-state index contributed by atoms with van der Waals surface area (Å²) in [7, 11) is 0. The lowest BCUT2D eigenvalue weighted by atomic mass is 10.6. The molecule has 0 saturated carbocycles. The molecule has 0 aliphatic heterocycles. The molecule has 0 spiro atoms. The van der Waals surface area contributed by atoms with Crippen LogP contribution in [-0.4, -0.2) is 16.2 Å². The zero-order valence-electron chi connectivity index (χ0n) is 6.33. The van der Waals surface area contributed by atoms with Crippen molar-refractivity contribution < 1.29 is 4.39 Å². The van der Waals surface area contributed by atoms with E-state index in [-0.39, 0.29) is 5.95 Å². The second kappa shape index (κ2) is 5.42. The normalized spacial score (nSPS) is 9.38. The number of hydrogen-bond donors (Lipinski definition) is 1. The first kappa shape index (κ1) is 9.85. The van der Waals surface area contributed by atoms with Gasteiger partial charge in [-0.1, -0.05) is 0 Å². The lowest BCUT2D eigenvalue weighted by molar-refractivity contribution is 0.614. The van der Waals surface area contributed by atoms with Gasteiger partial charge in [-0.3, -0.25) is 0 Å². The molecular formula is C7H4FIN4. The van der Waals surface area contributed by atoms with E-state index in [1.165, 1.54) is 6.21 Å². The van der Waals surface area contributed by atoms with Crippen molar-refractivity contribution in [3.8, 4) is 9.85 Å². The molecular weight excluding hydrogens is 286 g/mol.